The van der Waals surface area contributed by atoms with Gasteiger partial charge in [0.1, 0.15) is 17.4 Å². The fourth-order valence-electron chi connectivity index (χ4n) is 5.96. The van der Waals surface area contributed by atoms with Crippen LogP contribution in [0.25, 0.3) is 16.7 Å². The second-order valence-electron chi connectivity index (χ2n) is 12.1. The van der Waals surface area contributed by atoms with E-state index in [-0.39, 0.29) is 40.6 Å². The van der Waals surface area contributed by atoms with Crippen molar-refractivity contribution in [3.63, 3.8) is 0 Å². The number of ether oxygens (including phenoxy) is 1. The van der Waals surface area contributed by atoms with E-state index in [2.05, 4.69) is 23.9 Å². The molecule has 1 aliphatic carbocycles. The highest BCUT2D eigenvalue weighted by Crippen LogP contribution is 2.33. The van der Waals surface area contributed by atoms with Gasteiger partial charge in [-0.25, -0.2) is 14.4 Å². The van der Waals surface area contributed by atoms with Gasteiger partial charge in [-0.05, 0) is 101 Å². The number of aromatic nitrogens is 3. The molecule has 12 heteroatoms. The third kappa shape index (κ3) is 7.48. The first kappa shape index (κ1) is 34.0. The molecule has 0 spiro atoms. The maximum absolute atomic E-state index is 14.1. The predicted octanol–water partition coefficient (Wildman–Crippen LogP) is 6.73. The summed E-state index contributed by atoms with van der Waals surface area (Å²) in [6.07, 6.45) is 0.166. The molecule has 2 aromatic heterocycles. The van der Waals surface area contributed by atoms with Crippen molar-refractivity contribution in [1.82, 2.24) is 24.3 Å². The second kappa shape index (κ2) is 14.2. The fraction of sp³-hybridized carbons (Fsp3) is 0.429. The van der Waals surface area contributed by atoms with Crippen LogP contribution < -0.4 is 10.3 Å². The van der Waals surface area contributed by atoms with Crippen LogP contribution in [0.1, 0.15) is 69.4 Å². The van der Waals surface area contributed by atoms with Crippen molar-refractivity contribution < 1.29 is 27.1 Å². The number of hydrogen-bond acceptors (Lipinski definition) is 6. The Kier molecular flexibility index (Phi) is 10.3. The Bertz CT molecular complexity index is 1770. The summed E-state index contributed by atoms with van der Waals surface area (Å²) in [5.74, 6) is -1.02. The maximum atomic E-state index is 14.1. The number of halogens is 4. The van der Waals surface area contributed by atoms with Gasteiger partial charge in [-0.15, -0.1) is 0 Å². The van der Waals surface area contributed by atoms with E-state index in [4.69, 9.17) is 9.72 Å². The van der Waals surface area contributed by atoms with E-state index >= 15 is 0 Å². The number of carbonyl (C=O) groups excluding carboxylic acids is 1. The number of rotatable bonds is 12. The van der Waals surface area contributed by atoms with Crippen LogP contribution in [0.4, 0.5) is 17.6 Å². The molecule has 2 unspecified atom stereocenters. The van der Waals surface area contributed by atoms with E-state index in [1.165, 1.54) is 23.3 Å². The molecule has 0 saturated heterocycles. The molecule has 47 heavy (non-hydrogen) atoms. The molecule has 0 bridgehead atoms. The highest BCUT2D eigenvalue weighted by atomic mass is 19.4. The van der Waals surface area contributed by atoms with Gasteiger partial charge < -0.3 is 14.5 Å². The average molecular weight is 654 g/mol. The lowest BCUT2D eigenvalue weighted by Crippen LogP contribution is -2.45. The van der Waals surface area contributed by atoms with Gasteiger partial charge in [0.15, 0.2) is 5.65 Å². The third-order valence-corrected chi connectivity index (χ3v) is 9.06. The van der Waals surface area contributed by atoms with Gasteiger partial charge in [-0.3, -0.25) is 14.2 Å². The summed E-state index contributed by atoms with van der Waals surface area (Å²) < 4.78 is 61.6. The molecule has 0 N–H and O–H groups in total. The molecule has 1 saturated carbocycles. The highest BCUT2D eigenvalue weighted by Gasteiger charge is 2.35. The summed E-state index contributed by atoms with van der Waals surface area (Å²) in [4.78, 5) is 41.0. The number of hydrogen-bond donors (Lipinski definition) is 0. The summed E-state index contributed by atoms with van der Waals surface area (Å²) in [6.45, 7) is 6.39. The van der Waals surface area contributed by atoms with Gasteiger partial charge in [0.2, 0.25) is 5.91 Å². The quantitative estimate of drug-likeness (QED) is 0.158. The summed E-state index contributed by atoms with van der Waals surface area (Å²) >= 11 is 0. The van der Waals surface area contributed by atoms with Crippen molar-refractivity contribution >= 4 is 16.9 Å². The zero-order valence-corrected chi connectivity index (χ0v) is 26.9. The molecular formula is C35H39F4N5O3. The van der Waals surface area contributed by atoms with Crippen LogP contribution in [-0.4, -0.2) is 62.5 Å². The normalized spacial score (nSPS) is 15.0. The van der Waals surface area contributed by atoms with Gasteiger partial charge in [0, 0.05) is 24.8 Å². The summed E-state index contributed by atoms with van der Waals surface area (Å²) in [6, 6.07) is 12.6. The Morgan fingerprint density at radius 2 is 1.83 bits per heavy atom. The number of carbonyl (C=O) groups is 1. The van der Waals surface area contributed by atoms with Crippen molar-refractivity contribution in [2.75, 3.05) is 20.2 Å². The Labute approximate surface area is 271 Å². The number of fused-ring (bicyclic) bond motifs is 1. The average Bonchev–Trinajstić information content (AvgIpc) is 3.01. The minimum Gasteiger partial charge on any atom is -0.494 e. The van der Waals surface area contributed by atoms with E-state index in [1.807, 2.05) is 6.92 Å². The van der Waals surface area contributed by atoms with Crippen LogP contribution in [0.3, 0.4) is 0 Å². The SMILES string of the molecule is CCOc1ccc(-n2c(C(C)N(CCC(C)N(C)C3CCC3)C(=O)Cc3ccc(F)c(C(F)(F)F)c3)nc3ncccc3c2=O)cc1. The van der Waals surface area contributed by atoms with E-state index < -0.39 is 35.9 Å². The van der Waals surface area contributed by atoms with Gasteiger partial charge in [0.25, 0.3) is 5.56 Å². The summed E-state index contributed by atoms with van der Waals surface area (Å²) in [5, 5.41) is 0.289. The first-order chi connectivity index (χ1) is 22.4. The van der Waals surface area contributed by atoms with Gasteiger partial charge in [0.05, 0.1) is 35.7 Å². The molecule has 2 aromatic carbocycles. The Hall–Kier alpha value is -4.32. The number of benzene rings is 2. The lowest BCUT2D eigenvalue weighted by atomic mass is 9.90. The van der Waals surface area contributed by atoms with Crippen LogP contribution in [0.2, 0.25) is 0 Å². The van der Waals surface area contributed by atoms with Crippen molar-refractivity contribution in [1.29, 1.82) is 0 Å². The molecule has 2 atom stereocenters. The van der Waals surface area contributed by atoms with Crippen molar-refractivity contribution in [3.05, 3.63) is 93.9 Å². The van der Waals surface area contributed by atoms with Crippen molar-refractivity contribution in [3.8, 4) is 11.4 Å². The Morgan fingerprint density at radius 3 is 2.47 bits per heavy atom. The molecule has 1 fully saturated rings. The zero-order valence-electron chi connectivity index (χ0n) is 26.9. The molecular weight excluding hydrogens is 614 g/mol. The maximum Gasteiger partial charge on any atom is 0.419 e. The predicted molar refractivity (Wildman–Crippen MR) is 171 cm³/mol. The number of pyridine rings is 1. The standard InChI is InChI=1S/C35H39F4N5O3/c1-5-47-27-14-12-26(13-15-27)44-33(41-32-28(34(44)46)10-7-18-40-32)23(3)43(19-17-22(2)42(4)25-8-6-9-25)31(45)21-24-11-16-30(36)29(20-24)35(37,38)39/h7,10-16,18,20,22-23,25H,5-6,8-9,17,19,21H2,1-4H3. The molecule has 250 valence electrons. The minimum atomic E-state index is -4.91. The van der Waals surface area contributed by atoms with E-state index in [0.29, 0.717) is 36.6 Å². The molecule has 5 rings (SSSR count). The fourth-order valence-corrected chi connectivity index (χ4v) is 5.96. The van der Waals surface area contributed by atoms with Crippen molar-refractivity contribution in [2.24, 2.45) is 0 Å². The van der Waals surface area contributed by atoms with Gasteiger partial charge in [-0.2, -0.15) is 13.2 Å². The largest absolute Gasteiger partial charge is 0.494 e. The lowest BCUT2D eigenvalue weighted by Gasteiger charge is -2.40. The van der Waals surface area contributed by atoms with Crippen LogP contribution in [0.15, 0.2) is 65.6 Å². The zero-order chi connectivity index (χ0) is 33.9. The molecule has 1 amide bonds. The van der Waals surface area contributed by atoms with E-state index in [0.717, 1.165) is 18.9 Å². The lowest BCUT2D eigenvalue weighted by molar-refractivity contribution is -0.140. The monoisotopic (exact) mass is 653 g/mol. The topological polar surface area (TPSA) is 80.6 Å². The highest BCUT2D eigenvalue weighted by molar-refractivity contribution is 5.79. The Morgan fingerprint density at radius 1 is 1.11 bits per heavy atom. The number of alkyl halides is 3. The van der Waals surface area contributed by atoms with Crippen LogP contribution in [-0.2, 0) is 17.4 Å². The molecule has 8 nitrogen and oxygen atoms in total. The Balaban J connectivity index is 1.56. The van der Waals surface area contributed by atoms with Crippen LogP contribution in [0.5, 0.6) is 5.75 Å². The third-order valence-electron chi connectivity index (χ3n) is 9.06. The minimum absolute atomic E-state index is 0.0256. The number of amides is 1. The molecule has 1 aliphatic rings. The van der Waals surface area contributed by atoms with Crippen LogP contribution >= 0.6 is 0 Å². The summed E-state index contributed by atoms with van der Waals surface area (Å²) in [5.41, 5.74) is -1.08. The van der Waals surface area contributed by atoms with E-state index in [9.17, 15) is 27.2 Å². The first-order valence-electron chi connectivity index (χ1n) is 15.9. The molecule has 0 aliphatic heterocycles. The summed E-state index contributed by atoms with van der Waals surface area (Å²) in [7, 11) is 2.06. The molecule has 0 radical (unpaired) electrons. The molecule has 4 aromatic rings. The second-order valence-corrected chi connectivity index (χ2v) is 12.1. The molecule has 2 heterocycles. The van der Waals surface area contributed by atoms with Crippen LogP contribution in [0, 0.1) is 5.82 Å². The van der Waals surface area contributed by atoms with Gasteiger partial charge >= 0.3 is 6.18 Å². The van der Waals surface area contributed by atoms with E-state index in [1.54, 1.807) is 48.2 Å². The smallest absolute Gasteiger partial charge is 0.419 e. The van der Waals surface area contributed by atoms with Crippen molar-refractivity contribution in [2.45, 2.75) is 77.2 Å². The first-order valence-corrected chi connectivity index (χ1v) is 15.9. The number of nitrogens with zero attached hydrogens (tertiary/aromatic N) is 5. The van der Waals surface area contributed by atoms with Gasteiger partial charge in [-0.1, -0.05) is 12.5 Å².